The van der Waals surface area contributed by atoms with Gasteiger partial charge in [0.2, 0.25) is 10.0 Å². The number of nitrogens with two attached hydrogens (primary N) is 1. The highest BCUT2D eigenvalue weighted by molar-refractivity contribution is 7.89. The third-order valence-corrected chi connectivity index (χ3v) is 3.55. The Morgan fingerprint density at radius 1 is 1.44 bits per heavy atom. The Morgan fingerprint density at radius 3 is 2.88 bits per heavy atom. The van der Waals surface area contributed by atoms with Gasteiger partial charge in [-0.2, -0.15) is 0 Å². The lowest BCUT2D eigenvalue weighted by Crippen LogP contribution is -2.29. The second-order valence-corrected chi connectivity index (χ2v) is 5.39. The molecule has 0 aliphatic heterocycles. The molecule has 0 saturated heterocycles. The van der Waals surface area contributed by atoms with Crippen LogP contribution >= 0.6 is 0 Å². The van der Waals surface area contributed by atoms with Crippen LogP contribution in [0, 0.1) is 0 Å². The van der Waals surface area contributed by atoms with E-state index in [0.29, 0.717) is 25.9 Å². The summed E-state index contributed by atoms with van der Waals surface area (Å²) >= 11 is 0. The molecule has 0 aliphatic rings. The van der Waals surface area contributed by atoms with Crippen LogP contribution in [-0.4, -0.2) is 32.2 Å². The Morgan fingerprint density at radius 2 is 2.25 bits per heavy atom. The summed E-state index contributed by atoms with van der Waals surface area (Å²) in [5, 5.41) is 0. The second kappa shape index (κ2) is 6.57. The molecule has 6 heteroatoms. The van der Waals surface area contributed by atoms with Gasteiger partial charge in [-0.1, -0.05) is 6.07 Å². The largest absolute Gasteiger partial charge is 0.330 e. The van der Waals surface area contributed by atoms with Gasteiger partial charge in [-0.15, -0.1) is 0 Å². The molecule has 1 heterocycles. The molecule has 0 aromatic carbocycles. The number of sulfonamides is 1. The van der Waals surface area contributed by atoms with Gasteiger partial charge >= 0.3 is 0 Å². The standard InChI is InChI=1S/C10H17N3O2S/c11-5-2-8-16(14,15)13-7-4-10-3-1-6-12-9-10/h1,3,6,9,13H,2,4-5,7-8,11H2. The Bertz CT molecular complexity index is 392. The Labute approximate surface area is 96.1 Å². The van der Waals surface area contributed by atoms with Crippen molar-refractivity contribution in [1.29, 1.82) is 0 Å². The van der Waals surface area contributed by atoms with Crippen molar-refractivity contribution in [3.8, 4) is 0 Å². The molecular weight excluding hydrogens is 226 g/mol. The van der Waals surface area contributed by atoms with Gasteiger partial charge in [0.05, 0.1) is 5.75 Å². The van der Waals surface area contributed by atoms with E-state index in [0.717, 1.165) is 5.56 Å². The van der Waals surface area contributed by atoms with Gasteiger partial charge < -0.3 is 5.73 Å². The normalized spacial score (nSPS) is 11.6. The molecule has 0 fully saturated rings. The maximum Gasteiger partial charge on any atom is 0.211 e. The summed E-state index contributed by atoms with van der Waals surface area (Å²) in [5.74, 6) is 0.0938. The highest BCUT2D eigenvalue weighted by atomic mass is 32.2. The molecule has 0 atom stereocenters. The highest BCUT2D eigenvalue weighted by Crippen LogP contribution is 1.96. The second-order valence-electron chi connectivity index (χ2n) is 3.47. The van der Waals surface area contributed by atoms with Crippen molar-refractivity contribution in [2.45, 2.75) is 12.8 Å². The number of nitrogens with zero attached hydrogens (tertiary/aromatic N) is 1. The molecule has 0 aliphatic carbocycles. The van der Waals surface area contributed by atoms with E-state index in [4.69, 9.17) is 5.73 Å². The summed E-state index contributed by atoms with van der Waals surface area (Å²) in [6.07, 6.45) is 4.56. The van der Waals surface area contributed by atoms with Gasteiger partial charge in [-0.3, -0.25) is 4.98 Å². The van der Waals surface area contributed by atoms with Crippen LogP contribution in [0.5, 0.6) is 0 Å². The lowest BCUT2D eigenvalue weighted by molar-refractivity contribution is 0.579. The van der Waals surface area contributed by atoms with Gasteiger partial charge in [-0.05, 0) is 31.0 Å². The maximum atomic E-state index is 11.4. The van der Waals surface area contributed by atoms with Crippen molar-refractivity contribution in [1.82, 2.24) is 9.71 Å². The number of nitrogens with one attached hydrogen (secondary N) is 1. The van der Waals surface area contributed by atoms with Crippen molar-refractivity contribution in [2.75, 3.05) is 18.8 Å². The summed E-state index contributed by atoms with van der Waals surface area (Å²) in [6, 6.07) is 3.75. The fourth-order valence-electron chi connectivity index (χ4n) is 1.24. The molecule has 0 unspecified atom stereocenters. The van der Waals surface area contributed by atoms with Crippen LogP contribution in [0.3, 0.4) is 0 Å². The third-order valence-electron chi connectivity index (χ3n) is 2.08. The SMILES string of the molecule is NCCCS(=O)(=O)NCCc1cccnc1. The van der Waals surface area contributed by atoms with E-state index in [9.17, 15) is 8.42 Å². The van der Waals surface area contributed by atoms with E-state index in [2.05, 4.69) is 9.71 Å². The number of aromatic nitrogens is 1. The van der Waals surface area contributed by atoms with E-state index in [-0.39, 0.29) is 5.75 Å². The predicted octanol–water partition coefficient (Wildman–Crippen LogP) is -0.108. The zero-order valence-electron chi connectivity index (χ0n) is 9.09. The van der Waals surface area contributed by atoms with E-state index in [1.807, 2.05) is 12.1 Å². The lowest BCUT2D eigenvalue weighted by Gasteiger charge is -2.05. The number of pyridine rings is 1. The number of hydrogen-bond donors (Lipinski definition) is 2. The fourth-order valence-corrected chi connectivity index (χ4v) is 2.35. The van der Waals surface area contributed by atoms with Crippen LogP contribution in [0.2, 0.25) is 0 Å². The van der Waals surface area contributed by atoms with E-state index >= 15 is 0 Å². The quantitative estimate of drug-likeness (QED) is 0.700. The van der Waals surface area contributed by atoms with Crippen molar-refractivity contribution in [3.05, 3.63) is 30.1 Å². The van der Waals surface area contributed by atoms with Crippen LogP contribution < -0.4 is 10.5 Å². The lowest BCUT2D eigenvalue weighted by atomic mass is 10.2. The number of rotatable bonds is 7. The van der Waals surface area contributed by atoms with Crippen LogP contribution in [0.4, 0.5) is 0 Å². The molecule has 5 nitrogen and oxygen atoms in total. The van der Waals surface area contributed by atoms with E-state index in [1.54, 1.807) is 12.4 Å². The molecule has 90 valence electrons. The van der Waals surface area contributed by atoms with Crippen molar-refractivity contribution < 1.29 is 8.42 Å². The van der Waals surface area contributed by atoms with Gasteiger partial charge in [0, 0.05) is 18.9 Å². The number of hydrogen-bond acceptors (Lipinski definition) is 4. The maximum absolute atomic E-state index is 11.4. The minimum absolute atomic E-state index is 0.0938. The summed E-state index contributed by atoms with van der Waals surface area (Å²) in [7, 11) is -3.16. The zero-order valence-corrected chi connectivity index (χ0v) is 9.91. The van der Waals surface area contributed by atoms with Gasteiger partial charge in [0.15, 0.2) is 0 Å². The van der Waals surface area contributed by atoms with E-state index < -0.39 is 10.0 Å². The molecule has 0 saturated carbocycles. The van der Waals surface area contributed by atoms with Gasteiger partial charge in [0.25, 0.3) is 0 Å². The molecular formula is C10H17N3O2S. The summed E-state index contributed by atoms with van der Waals surface area (Å²) < 4.78 is 25.3. The van der Waals surface area contributed by atoms with Crippen LogP contribution in [0.25, 0.3) is 0 Å². The molecule has 1 aromatic heterocycles. The molecule has 1 rings (SSSR count). The monoisotopic (exact) mass is 243 g/mol. The summed E-state index contributed by atoms with van der Waals surface area (Å²) in [6.45, 7) is 0.794. The molecule has 0 bridgehead atoms. The minimum atomic E-state index is -3.16. The Hall–Kier alpha value is -0.980. The predicted molar refractivity (Wildman–Crippen MR) is 63.4 cm³/mol. The molecule has 16 heavy (non-hydrogen) atoms. The first-order chi connectivity index (χ1) is 7.64. The Kier molecular flexibility index (Phi) is 5.37. The minimum Gasteiger partial charge on any atom is -0.330 e. The zero-order chi connectivity index (χ0) is 11.9. The average molecular weight is 243 g/mol. The first kappa shape index (κ1) is 13.1. The average Bonchev–Trinajstić information content (AvgIpc) is 2.28. The highest BCUT2D eigenvalue weighted by Gasteiger charge is 2.07. The molecule has 0 spiro atoms. The molecule has 0 amide bonds. The third kappa shape index (κ3) is 5.20. The topological polar surface area (TPSA) is 85.1 Å². The van der Waals surface area contributed by atoms with Crippen molar-refractivity contribution in [3.63, 3.8) is 0 Å². The van der Waals surface area contributed by atoms with Crippen molar-refractivity contribution >= 4 is 10.0 Å². The molecule has 3 N–H and O–H groups in total. The van der Waals surface area contributed by atoms with Crippen LogP contribution in [0.1, 0.15) is 12.0 Å². The first-order valence-corrected chi connectivity index (χ1v) is 6.85. The fraction of sp³-hybridized carbons (Fsp3) is 0.500. The molecule has 0 radical (unpaired) electrons. The van der Waals surface area contributed by atoms with Gasteiger partial charge in [0.1, 0.15) is 0 Å². The van der Waals surface area contributed by atoms with E-state index in [1.165, 1.54) is 0 Å². The van der Waals surface area contributed by atoms with Crippen LogP contribution in [0.15, 0.2) is 24.5 Å². The Balaban J connectivity index is 2.30. The van der Waals surface area contributed by atoms with Gasteiger partial charge in [-0.25, -0.2) is 13.1 Å². The van der Waals surface area contributed by atoms with Crippen molar-refractivity contribution in [2.24, 2.45) is 5.73 Å². The smallest absolute Gasteiger partial charge is 0.211 e. The summed E-state index contributed by atoms with van der Waals surface area (Å²) in [5.41, 5.74) is 6.27. The molecule has 1 aromatic rings. The summed E-state index contributed by atoms with van der Waals surface area (Å²) in [4.78, 5) is 3.96. The first-order valence-electron chi connectivity index (χ1n) is 5.20. The van der Waals surface area contributed by atoms with Crippen LogP contribution in [-0.2, 0) is 16.4 Å².